The molecule has 3 N–H and O–H groups in total. The molecular formula is C13H22N2O2. The first kappa shape index (κ1) is 13.9. The van der Waals surface area contributed by atoms with Crippen molar-refractivity contribution in [2.24, 2.45) is 0 Å². The molecule has 0 aromatic carbocycles. The van der Waals surface area contributed by atoms with E-state index in [1.807, 2.05) is 19.9 Å². The number of anilines is 1. The van der Waals surface area contributed by atoms with Crippen LogP contribution in [0.2, 0.25) is 0 Å². The van der Waals surface area contributed by atoms with Crippen LogP contribution < -0.4 is 5.73 Å². The molecule has 17 heavy (non-hydrogen) atoms. The van der Waals surface area contributed by atoms with Gasteiger partial charge in [-0.15, -0.1) is 0 Å². The molecule has 96 valence electrons. The Morgan fingerprint density at radius 3 is 2.71 bits per heavy atom. The van der Waals surface area contributed by atoms with Gasteiger partial charge in [-0.2, -0.15) is 0 Å². The topological polar surface area (TPSA) is 68.4 Å². The lowest BCUT2D eigenvalue weighted by Gasteiger charge is -2.24. The van der Waals surface area contributed by atoms with Crippen molar-refractivity contribution >= 4 is 5.82 Å². The maximum absolute atomic E-state index is 10.4. The maximum Gasteiger partial charge on any atom is 0.129 e. The molecule has 1 aromatic rings. The molecule has 0 saturated heterocycles. The van der Waals surface area contributed by atoms with Crippen LogP contribution in [0, 0.1) is 6.92 Å². The zero-order chi connectivity index (χ0) is 12.8. The van der Waals surface area contributed by atoms with Crippen LogP contribution in [-0.2, 0) is 4.74 Å². The van der Waals surface area contributed by atoms with E-state index in [1.54, 1.807) is 6.20 Å². The van der Waals surface area contributed by atoms with Crippen molar-refractivity contribution in [3.63, 3.8) is 0 Å². The smallest absolute Gasteiger partial charge is 0.129 e. The predicted octanol–water partition coefficient (Wildman–Crippen LogP) is 2.21. The Morgan fingerprint density at radius 1 is 1.47 bits per heavy atom. The fourth-order valence-corrected chi connectivity index (χ4v) is 1.99. The first-order valence-electron chi connectivity index (χ1n) is 6.12. The molecule has 0 aliphatic heterocycles. The van der Waals surface area contributed by atoms with E-state index in [2.05, 4.69) is 11.9 Å². The molecule has 0 saturated carbocycles. The van der Waals surface area contributed by atoms with E-state index in [0.29, 0.717) is 18.0 Å². The quantitative estimate of drug-likeness (QED) is 0.797. The van der Waals surface area contributed by atoms with Gasteiger partial charge in [0.15, 0.2) is 0 Å². The molecule has 2 unspecified atom stereocenters. The van der Waals surface area contributed by atoms with Crippen LogP contribution in [0.5, 0.6) is 0 Å². The number of aryl methyl sites for hydroxylation is 1. The van der Waals surface area contributed by atoms with Crippen molar-refractivity contribution in [3.8, 4) is 0 Å². The van der Waals surface area contributed by atoms with Gasteiger partial charge >= 0.3 is 0 Å². The maximum atomic E-state index is 10.4. The van der Waals surface area contributed by atoms with Gasteiger partial charge in [-0.1, -0.05) is 13.3 Å². The molecule has 0 aliphatic rings. The van der Waals surface area contributed by atoms with Gasteiger partial charge in [0.1, 0.15) is 11.9 Å². The van der Waals surface area contributed by atoms with Crippen LogP contribution in [0.1, 0.15) is 43.9 Å². The highest BCUT2D eigenvalue weighted by Gasteiger charge is 2.24. The Morgan fingerprint density at radius 2 is 2.18 bits per heavy atom. The van der Waals surface area contributed by atoms with Crippen LogP contribution in [0.3, 0.4) is 0 Å². The van der Waals surface area contributed by atoms with E-state index in [1.165, 1.54) is 0 Å². The van der Waals surface area contributed by atoms with Crippen molar-refractivity contribution in [2.75, 3.05) is 12.3 Å². The second-order valence-electron chi connectivity index (χ2n) is 4.15. The number of hydrogen-bond acceptors (Lipinski definition) is 4. The summed E-state index contributed by atoms with van der Waals surface area (Å²) in [5.41, 5.74) is 7.47. The van der Waals surface area contributed by atoms with E-state index in [9.17, 15) is 5.11 Å². The monoisotopic (exact) mass is 238 g/mol. The molecule has 0 radical (unpaired) electrons. The minimum Gasteiger partial charge on any atom is -0.386 e. The summed E-state index contributed by atoms with van der Waals surface area (Å²) in [4.78, 5) is 4.03. The van der Waals surface area contributed by atoms with E-state index in [0.717, 1.165) is 18.4 Å². The largest absolute Gasteiger partial charge is 0.386 e. The fourth-order valence-electron chi connectivity index (χ4n) is 1.99. The molecule has 1 rings (SSSR count). The normalized spacial score (nSPS) is 14.6. The third-order valence-electron chi connectivity index (χ3n) is 2.84. The molecule has 1 aromatic heterocycles. The Bertz CT molecular complexity index is 329. The fraction of sp³-hybridized carbons (Fsp3) is 0.615. The number of nitrogen functional groups attached to an aromatic ring is 1. The number of pyridine rings is 1. The van der Waals surface area contributed by atoms with Crippen LogP contribution in [-0.4, -0.2) is 22.8 Å². The van der Waals surface area contributed by atoms with E-state index in [4.69, 9.17) is 10.5 Å². The van der Waals surface area contributed by atoms with Gasteiger partial charge < -0.3 is 15.6 Å². The molecule has 0 aliphatic carbocycles. The minimum absolute atomic E-state index is 0.213. The second kappa shape index (κ2) is 6.57. The van der Waals surface area contributed by atoms with Crippen molar-refractivity contribution in [1.29, 1.82) is 0 Å². The number of ether oxygens (including phenoxy) is 1. The summed E-state index contributed by atoms with van der Waals surface area (Å²) < 4.78 is 5.58. The Kier molecular flexibility index (Phi) is 5.38. The summed E-state index contributed by atoms with van der Waals surface area (Å²) in [6, 6.07) is 1.85. The number of hydrogen-bond donors (Lipinski definition) is 2. The number of rotatable bonds is 6. The number of aliphatic hydroxyl groups is 1. The number of nitrogens with zero attached hydrogens (tertiary/aromatic N) is 1. The average Bonchev–Trinajstić information content (AvgIpc) is 2.28. The standard InChI is InChI=1S/C13H22N2O2/c1-4-6-10(17-5-2)12(16)11-9(3)7-8-15-13(11)14/h7-8,10,12,16H,4-6H2,1-3H3,(H2,14,15). The summed E-state index contributed by atoms with van der Waals surface area (Å²) in [7, 11) is 0. The molecular weight excluding hydrogens is 216 g/mol. The summed E-state index contributed by atoms with van der Waals surface area (Å²) in [5, 5.41) is 10.4. The van der Waals surface area contributed by atoms with Gasteiger partial charge in [0.05, 0.1) is 6.10 Å². The average molecular weight is 238 g/mol. The first-order valence-corrected chi connectivity index (χ1v) is 6.12. The second-order valence-corrected chi connectivity index (χ2v) is 4.15. The number of nitrogens with two attached hydrogens (primary N) is 1. The Balaban J connectivity index is 2.95. The van der Waals surface area contributed by atoms with Gasteiger partial charge in [0.25, 0.3) is 0 Å². The lowest BCUT2D eigenvalue weighted by Crippen LogP contribution is -2.24. The summed E-state index contributed by atoms with van der Waals surface area (Å²) in [6.07, 6.45) is 2.50. The SMILES string of the molecule is CCCC(OCC)C(O)c1c(C)ccnc1N. The highest BCUT2D eigenvalue weighted by molar-refractivity contribution is 5.45. The summed E-state index contributed by atoms with van der Waals surface area (Å²) in [5.74, 6) is 0.387. The van der Waals surface area contributed by atoms with Crippen molar-refractivity contribution < 1.29 is 9.84 Å². The summed E-state index contributed by atoms with van der Waals surface area (Å²) >= 11 is 0. The summed E-state index contributed by atoms with van der Waals surface area (Å²) in [6.45, 7) is 6.50. The molecule has 0 amide bonds. The molecule has 0 spiro atoms. The van der Waals surface area contributed by atoms with Crippen LogP contribution in [0.25, 0.3) is 0 Å². The van der Waals surface area contributed by atoms with E-state index < -0.39 is 6.10 Å². The van der Waals surface area contributed by atoms with E-state index in [-0.39, 0.29) is 6.10 Å². The Hall–Kier alpha value is -1.13. The first-order chi connectivity index (χ1) is 8.11. The van der Waals surface area contributed by atoms with Gasteiger partial charge in [-0.3, -0.25) is 0 Å². The Labute approximate surface area is 103 Å². The molecule has 4 nitrogen and oxygen atoms in total. The van der Waals surface area contributed by atoms with Crippen LogP contribution in [0.4, 0.5) is 5.82 Å². The zero-order valence-corrected chi connectivity index (χ0v) is 10.8. The predicted molar refractivity (Wildman–Crippen MR) is 68.7 cm³/mol. The third kappa shape index (κ3) is 3.41. The van der Waals surface area contributed by atoms with Gasteiger partial charge in [-0.25, -0.2) is 4.98 Å². The molecule has 0 fully saturated rings. The molecule has 1 heterocycles. The van der Waals surface area contributed by atoms with E-state index >= 15 is 0 Å². The van der Waals surface area contributed by atoms with Crippen molar-refractivity contribution in [1.82, 2.24) is 4.98 Å². The third-order valence-corrected chi connectivity index (χ3v) is 2.84. The number of aromatic nitrogens is 1. The van der Waals surface area contributed by atoms with Crippen LogP contribution >= 0.6 is 0 Å². The van der Waals surface area contributed by atoms with Gasteiger partial charge in [0, 0.05) is 18.4 Å². The lowest BCUT2D eigenvalue weighted by molar-refractivity contribution is -0.0385. The zero-order valence-electron chi connectivity index (χ0n) is 10.8. The van der Waals surface area contributed by atoms with Gasteiger partial charge in [0.2, 0.25) is 0 Å². The highest BCUT2D eigenvalue weighted by Crippen LogP contribution is 2.28. The molecule has 0 bridgehead atoms. The van der Waals surface area contributed by atoms with Gasteiger partial charge in [-0.05, 0) is 31.9 Å². The van der Waals surface area contributed by atoms with Crippen molar-refractivity contribution in [3.05, 3.63) is 23.4 Å². The lowest BCUT2D eigenvalue weighted by atomic mass is 9.98. The van der Waals surface area contributed by atoms with Crippen molar-refractivity contribution in [2.45, 2.75) is 45.8 Å². The minimum atomic E-state index is -0.705. The molecule has 4 heteroatoms. The number of aliphatic hydroxyl groups excluding tert-OH is 1. The van der Waals surface area contributed by atoms with Crippen LogP contribution in [0.15, 0.2) is 12.3 Å². The molecule has 2 atom stereocenters. The highest BCUT2D eigenvalue weighted by atomic mass is 16.5.